The van der Waals surface area contributed by atoms with Crippen molar-refractivity contribution in [1.82, 2.24) is 10.2 Å². The van der Waals surface area contributed by atoms with Crippen LogP contribution in [0.25, 0.3) is 0 Å². The largest absolute Gasteiger partial charge is 0.350 e. The zero-order chi connectivity index (χ0) is 21.0. The van der Waals surface area contributed by atoms with Gasteiger partial charge < -0.3 is 10.2 Å². The minimum Gasteiger partial charge on any atom is -0.350 e. The Kier molecular flexibility index (Phi) is 6.50. The van der Waals surface area contributed by atoms with Gasteiger partial charge in [0.1, 0.15) is 11.5 Å². The SMILES string of the molecule is CCC1=CC(C2=NC(N(C)CC(=O)NC(C)(C)C)=C3CCCC(=N2)C3)=NCC=C1. The van der Waals surface area contributed by atoms with Gasteiger partial charge in [-0.25, -0.2) is 9.98 Å². The molecule has 2 heterocycles. The first-order valence-corrected chi connectivity index (χ1v) is 10.6. The summed E-state index contributed by atoms with van der Waals surface area (Å²) in [5, 5.41) is 3.03. The molecule has 0 atom stereocenters. The molecule has 1 fully saturated rings. The molecule has 0 aromatic rings. The molecule has 0 saturated heterocycles. The molecule has 3 aliphatic rings. The Morgan fingerprint density at radius 3 is 2.76 bits per heavy atom. The highest BCUT2D eigenvalue weighted by Gasteiger charge is 2.25. The minimum atomic E-state index is -0.252. The number of amides is 1. The van der Waals surface area contributed by atoms with Crippen LogP contribution in [-0.2, 0) is 4.79 Å². The van der Waals surface area contributed by atoms with Crippen molar-refractivity contribution in [3.63, 3.8) is 0 Å². The normalized spacial score (nSPS) is 19.5. The van der Waals surface area contributed by atoms with E-state index in [1.54, 1.807) is 0 Å². The Hall–Kier alpha value is -2.50. The van der Waals surface area contributed by atoms with Crippen LogP contribution in [0.2, 0.25) is 0 Å². The van der Waals surface area contributed by atoms with Crippen molar-refractivity contribution < 1.29 is 4.79 Å². The van der Waals surface area contributed by atoms with Gasteiger partial charge in [0, 0.05) is 24.7 Å². The number of carbonyl (C=O) groups excluding carboxylic acids is 1. The zero-order valence-corrected chi connectivity index (χ0v) is 18.4. The summed E-state index contributed by atoms with van der Waals surface area (Å²) in [6.07, 6.45) is 11.2. The maximum absolute atomic E-state index is 12.5. The summed E-state index contributed by atoms with van der Waals surface area (Å²) in [4.78, 5) is 29.0. The van der Waals surface area contributed by atoms with Crippen LogP contribution in [0.1, 0.15) is 59.8 Å². The van der Waals surface area contributed by atoms with Gasteiger partial charge in [0.05, 0.1) is 13.1 Å². The number of nitrogens with zero attached hydrogens (tertiary/aromatic N) is 4. The van der Waals surface area contributed by atoms with Crippen molar-refractivity contribution in [3.05, 3.63) is 35.2 Å². The van der Waals surface area contributed by atoms with Gasteiger partial charge in [0.2, 0.25) is 5.91 Å². The van der Waals surface area contributed by atoms with Crippen molar-refractivity contribution >= 4 is 23.2 Å². The summed E-state index contributed by atoms with van der Waals surface area (Å²) in [5.74, 6) is 1.54. The van der Waals surface area contributed by atoms with E-state index in [9.17, 15) is 4.79 Å². The fourth-order valence-electron chi connectivity index (χ4n) is 3.77. The van der Waals surface area contributed by atoms with Crippen molar-refractivity contribution in [2.75, 3.05) is 20.1 Å². The Bertz CT molecular complexity index is 849. The number of amidine groups is 1. The van der Waals surface area contributed by atoms with Gasteiger partial charge in [0.15, 0.2) is 5.84 Å². The summed E-state index contributed by atoms with van der Waals surface area (Å²) in [6, 6.07) is 0. The lowest BCUT2D eigenvalue weighted by Crippen LogP contribution is -2.45. The summed E-state index contributed by atoms with van der Waals surface area (Å²) in [6.45, 7) is 9.02. The van der Waals surface area contributed by atoms with E-state index >= 15 is 0 Å². The van der Waals surface area contributed by atoms with Crippen molar-refractivity contribution in [2.24, 2.45) is 15.0 Å². The second kappa shape index (κ2) is 8.89. The number of nitrogens with one attached hydrogen (secondary N) is 1. The molecule has 2 bridgehead atoms. The molecule has 0 radical (unpaired) electrons. The maximum atomic E-state index is 12.5. The smallest absolute Gasteiger partial charge is 0.239 e. The summed E-state index contributed by atoms with van der Waals surface area (Å²) >= 11 is 0. The molecule has 0 aromatic carbocycles. The minimum absolute atomic E-state index is 0.00443. The van der Waals surface area contributed by atoms with Gasteiger partial charge in [-0.2, -0.15) is 0 Å². The summed E-state index contributed by atoms with van der Waals surface area (Å²) in [7, 11) is 1.94. The first-order chi connectivity index (χ1) is 13.7. The number of hydrogen-bond acceptors (Lipinski definition) is 5. The van der Waals surface area contributed by atoms with Crippen LogP contribution in [0.4, 0.5) is 0 Å². The molecule has 0 unspecified atom stereocenters. The number of fused-ring (bicyclic) bond motifs is 2. The average molecular weight is 396 g/mol. The Balaban J connectivity index is 1.92. The molecule has 0 aromatic heterocycles. The fraction of sp³-hybridized carbons (Fsp3) is 0.565. The van der Waals surface area contributed by atoms with Gasteiger partial charge in [0.25, 0.3) is 0 Å². The number of carbonyl (C=O) groups is 1. The third-order valence-electron chi connectivity index (χ3n) is 5.07. The number of hydrogen-bond donors (Lipinski definition) is 1. The molecule has 0 spiro atoms. The monoisotopic (exact) mass is 395 g/mol. The quantitative estimate of drug-likeness (QED) is 0.769. The third-order valence-corrected chi connectivity index (χ3v) is 5.07. The molecular weight excluding hydrogens is 362 g/mol. The molecule has 156 valence electrons. The van der Waals surface area contributed by atoms with Crippen LogP contribution >= 0.6 is 0 Å². The Morgan fingerprint density at radius 1 is 1.24 bits per heavy atom. The van der Waals surface area contributed by atoms with Crippen LogP contribution in [0.15, 0.2) is 50.2 Å². The van der Waals surface area contributed by atoms with E-state index in [-0.39, 0.29) is 18.0 Å². The van der Waals surface area contributed by atoms with E-state index in [1.807, 2.05) is 32.7 Å². The fourth-order valence-corrected chi connectivity index (χ4v) is 3.77. The van der Waals surface area contributed by atoms with E-state index in [4.69, 9.17) is 15.0 Å². The number of rotatable bonds is 5. The van der Waals surface area contributed by atoms with Crippen molar-refractivity contribution in [3.8, 4) is 0 Å². The number of likely N-dealkylation sites (N-methyl/N-ethyl adjacent to an activating group) is 1. The van der Waals surface area contributed by atoms with Crippen LogP contribution in [0, 0.1) is 0 Å². The molecule has 6 nitrogen and oxygen atoms in total. The van der Waals surface area contributed by atoms with E-state index in [0.717, 1.165) is 43.6 Å². The lowest BCUT2D eigenvalue weighted by molar-refractivity contribution is -0.123. The average Bonchev–Trinajstić information content (AvgIpc) is 2.95. The van der Waals surface area contributed by atoms with Gasteiger partial charge in [-0.15, -0.1) is 0 Å². The molecule has 1 amide bonds. The van der Waals surface area contributed by atoms with E-state index in [0.29, 0.717) is 12.4 Å². The van der Waals surface area contributed by atoms with Gasteiger partial charge >= 0.3 is 0 Å². The van der Waals surface area contributed by atoms with Crippen molar-refractivity contribution in [2.45, 2.75) is 65.3 Å². The van der Waals surface area contributed by atoms with E-state index < -0.39 is 0 Å². The van der Waals surface area contributed by atoms with Gasteiger partial charge in [-0.3, -0.25) is 9.79 Å². The zero-order valence-electron chi connectivity index (χ0n) is 18.4. The molecule has 3 rings (SSSR count). The lowest BCUT2D eigenvalue weighted by atomic mass is 9.93. The molecular formula is C23H33N5O. The molecule has 1 aliphatic carbocycles. The first kappa shape index (κ1) is 21.2. The highest BCUT2D eigenvalue weighted by atomic mass is 16.2. The van der Waals surface area contributed by atoms with E-state index in [1.165, 1.54) is 16.9 Å². The third kappa shape index (κ3) is 5.75. The summed E-state index contributed by atoms with van der Waals surface area (Å²) in [5.41, 5.74) is 4.24. The van der Waals surface area contributed by atoms with Crippen molar-refractivity contribution in [1.29, 1.82) is 0 Å². The lowest BCUT2D eigenvalue weighted by Gasteiger charge is -2.26. The van der Waals surface area contributed by atoms with Gasteiger partial charge in [-0.1, -0.05) is 19.1 Å². The molecule has 2 aliphatic heterocycles. The maximum Gasteiger partial charge on any atom is 0.239 e. The second-order valence-corrected chi connectivity index (χ2v) is 8.93. The van der Waals surface area contributed by atoms with Crippen LogP contribution < -0.4 is 5.32 Å². The van der Waals surface area contributed by atoms with Crippen LogP contribution in [0.5, 0.6) is 0 Å². The molecule has 1 saturated carbocycles. The molecule has 1 N–H and O–H groups in total. The Morgan fingerprint density at radius 2 is 2.03 bits per heavy atom. The van der Waals surface area contributed by atoms with Crippen LogP contribution in [-0.4, -0.2) is 53.7 Å². The Labute approximate surface area is 174 Å². The highest BCUT2D eigenvalue weighted by molar-refractivity contribution is 6.47. The second-order valence-electron chi connectivity index (χ2n) is 8.93. The topological polar surface area (TPSA) is 69.4 Å². The molecule has 6 heteroatoms. The van der Waals surface area contributed by atoms with Crippen LogP contribution in [0.3, 0.4) is 0 Å². The number of aliphatic imine (C=N–C) groups is 3. The summed E-state index contributed by atoms with van der Waals surface area (Å²) < 4.78 is 0. The predicted octanol–water partition coefficient (Wildman–Crippen LogP) is 3.82. The predicted molar refractivity (Wildman–Crippen MR) is 121 cm³/mol. The van der Waals surface area contributed by atoms with Gasteiger partial charge in [-0.05, 0) is 63.7 Å². The standard InChI is InChI=1S/C23H33N5O/c1-6-16-9-8-12-24-19(13-16)21-25-18-11-7-10-17(14-18)22(26-21)28(5)15-20(29)27-23(2,3)4/h8-9,13H,6-7,10-12,14-15H2,1-5H3,(H,27,29). The molecule has 29 heavy (non-hydrogen) atoms. The number of allylic oxidation sites excluding steroid dienone is 3. The van der Waals surface area contributed by atoms with E-state index in [2.05, 4.69) is 30.5 Å². The highest BCUT2D eigenvalue weighted by Crippen LogP contribution is 2.29. The first-order valence-electron chi connectivity index (χ1n) is 10.6.